The maximum Gasteiger partial charge on any atom is 0.187 e. The molecule has 4 nitrogen and oxygen atoms in total. The molecule has 20 heavy (non-hydrogen) atoms. The van der Waals surface area contributed by atoms with Gasteiger partial charge >= 0.3 is 0 Å². The summed E-state index contributed by atoms with van der Waals surface area (Å²) in [5, 5.41) is 0.675. The first-order chi connectivity index (χ1) is 9.60. The number of rotatable bonds is 5. The molecule has 0 spiro atoms. The second-order valence-corrected chi connectivity index (χ2v) is 5.28. The zero-order valence-corrected chi connectivity index (χ0v) is 12.2. The predicted molar refractivity (Wildman–Crippen MR) is 77.4 cm³/mol. The normalized spacial score (nSPS) is 12.2. The van der Waals surface area contributed by atoms with Gasteiger partial charge in [0.2, 0.25) is 0 Å². The van der Waals surface area contributed by atoms with Gasteiger partial charge in [0.1, 0.15) is 0 Å². The molecule has 0 saturated carbocycles. The number of benzene rings is 1. The highest BCUT2D eigenvalue weighted by molar-refractivity contribution is 7.99. The molecule has 0 amide bonds. The van der Waals surface area contributed by atoms with Gasteiger partial charge in [-0.1, -0.05) is 17.8 Å². The Labute approximate surface area is 121 Å². The lowest BCUT2D eigenvalue weighted by Crippen LogP contribution is -2.13. The molecule has 1 atom stereocenters. The molecule has 0 radical (unpaired) electrons. The van der Waals surface area contributed by atoms with Crippen molar-refractivity contribution in [1.82, 2.24) is 9.97 Å². The molecule has 0 aliphatic heterocycles. The van der Waals surface area contributed by atoms with Gasteiger partial charge in [-0.05, 0) is 30.7 Å². The van der Waals surface area contributed by atoms with Crippen molar-refractivity contribution in [3.63, 3.8) is 0 Å². The summed E-state index contributed by atoms with van der Waals surface area (Å²) in [5.41, 5.74) is 7.69. The third-order valence-corrected chi connectivity index (χ3v) is 3.75. The summed E-state index contributed by atoms with van der Waals surface area (Å²) in [6, 6.07) is 6.30. The molecule has 0 aliphatic carbocycles. The van der Waals surface area contributed by atoms with E-state index in [1.165, 1.54) is 24.9 Å². The molecule has 0 fully saturated rings. The van der Waals surface area contributed by atoms with Gasteiger partial charge in [0, 0.05) is 23.7 Å². The summed E-state index contributed by atoms with van der Waals surface area (Å²) in [7, 11) is 1.43. The quantitative estimate of drug-likeness (QED) is 0.678. The number of thioether (sulfide) groups is 1. The fourth-order valence-electron chi connectivity index (χ4n) is 1.67. The minimum atomic E-state index is -0.405. The van der Waals surface area contributed by atoms with Crippen LogP contribution in [0.3, 0.4) is 0 Å². The van der Waals surface area contributed by atoms with Crippen LogP contribution in [0.2, 0.25) is 0 Å². The number of aryl methyl sites for hydroxylation is 1. The van der Waals surface area contributed by atoms with E-state index >= 15 is 0 Å². The van der Waals surface area contributed by atoms with Crippen LogP contribution in [0, 0.1) is 12.7 Å². The standard InChI is InChI=1S/C14H16FN3OS/c1-9-5-6-17-14(18-9)20-8-12(16)10-3-4-13(19-2)11(15)7-10/h3-7,12H,8,16H2,1-2H3. The van der Waals surface area contributed by atoms with Crippen molar-refractivity contribution in [2.45, 2.75) is 18.1 Å². The molecule has 1 unspecified atom stereocenters. The molecule has 106 valence electrons. The molecule has 0 aliphatic rings. The van der Waals surface area contributed by atoms with Crippen LogP contribution in [0.4, 0.5) is 4.39 Å². The number of hydrogen-bond donors (Lipinski definition) is 1. The number of nitrogens with zero attached hydrogens (tertiary/aromatic N) is 2. The smallest absolute Gasteiger partial charge is 0.187 e. The lowest BCUT2D eigenvalue weighted by atomic mass is 10.1. The lowest BCUT2D eigenvalue weighted by molar-refractivity contribution is 0.386. The number of halogens is 1. The molecule has 0 bridgehead atoms. The summed E-state index contributed by atoms with van der Waals surface area (Å²) in [4.78, 5) is 8.44. The van der Waals surface area contributed by atoms with Crippen LogP contribution >= 0.6 is 11.8 Å². The molecule has 6 heteroatoms. The van der Waals surface area contributed by atoms with E-state index in [0.29, 0.717) is 10.9 Å². The lowest BCUT2D eigenvalue weighted by Gasteiger charge is -2.12. The van der Waals surface area contributed by atoms with Crippen molar-refractivity contribution in [2.75, 3.05) is 12.9 Å². The van der Waals surface area contributed by atoms with Gasteiger partial charge in [-0.3, -0.25) is 0 Å². The van der Waals surface area contributed by atoms with Crippen LogP contribution in [0.1, 0.15) is 17.3 Å². The Morgan fingerprint density at radius 2 is 2.20 bits per heavy atom. The van der Waals surface area contributed by atoms with Crippen LogP contribution in [-0.2, 0) is 0 Å². The number of nitrogens with two attached hydrogens (primary N) is 1. The largest absolute Gasteiger partial charge is 0.494 e. The Morgan fingerprint density at radius 1 is 1.40 bits per heavy atom. The molecule has 1 heterocycles. The Balaban J connectivity index is 2.01. The Hall–Kier alpha value is -1.66. The summed E-state index contributed by atoms with van der Waals surface area (Å²) in [5.74, 6) is 0.391. The monoisotopic (exact) mass is 293 g/mol. The number of aromatic nitrogens is 2. The Morgan fingerprint density at radius 3 is 2.85 bits per heavy atom. The fourth-order valence-corrected chi connectivity index (χ4v) is 2.53. The average molecular weight is 293 g/mol. The van der Waals surface area contributed by atoms with E-state index in [4.69, 9.17) is 10.5 Å². The fraction of sp³-hybridized carbons (Fsp3) is 0.286. The molecule has 1 aromatic heterocycles. The Kier molecular flexibility index (Phi) is 4.92. The summed E-state index contributed by atoms with van der Waals surface area (Å²) in [6.07, 6.45) is 1.71. The second-order valence-electron chi connectivity index (χ2n) is 4.29. The number of ether oxygens (including phenoxy) is 1. The van der Waals surface area contributed by atoms with Crippen LogP contribution in [0.25, 0.3) is 0 Å². The molecule has 2 rings (SSSR count). The minimum absolute atomic E-state index is 0.218. The van der Waals surface area contributed by atoms with Crippen LogP contribution in [-0.4, -0.2) is 22.8 Å². The van der Waals surface area contributed by atoms with Gasteiger partial charge in [0.15, 0.2) is 16.7 Å². The van der Waals surface area contributed by atoms with E-state index in [-0.39, 0.29) is 11.8 Å². The first kappa shape index (κ1) is 14.7. The second kappa shape index (κ2) is 6.67. The van der Waals surface area contributed by atoms with E-state index in [1.54, 1.807) is 18.3 Å². The molecule has 0 saturated heterocycles. The van der Waals surface area contributed by atoms with Crippen molar-refractivity contribution in [2.24, 2.45) is 5.73 Å². The predicted octanol–water partition coefficient (Wildman–Crippen LogP) is 2.72. The van der Waals surface area contributed by atoms with Crippen molar-refractivity contribution < 1.29 is 9.13 Å². The van der Waals surface area contributed by atoms with E-state index in [2.05, 4.69) is 9.97 Å². The zero-order chi connectivity index (χ0) is 14.5. The van der Waals surface area contributed by atoms with Crippen LogP contribution in [0.5, 0.6) is 5.75 Å². The van der Waals surface area contributed by atoms with Crippen molar-refractivity contribution >= 4 is 11.8 Å². The summed E-state index contributed by atoms with van der Waals surface area (Å²) >= 11 is 1.45. The third kappa shape index (κ3) is 3.68. The van der Waals surface area contributed by atoms with E-state index in [9.17, 15) is 4.39 Å². The first-order valence-electron chi connectivity index (χ1n) is 6.11. The zero-order valence-electron chi connectivity index (χ0n) is 11.3. The van der Waals surface area contributed by atoms with Gasteiger partial charge in [-0.25, -0.2) is 14.4 Å². The van der Waals surface area contributed by atoms with Gasteiger partial charge < -0.3 is 10.5 Å². The summed E-state index contributed by atoms with van der Waals surface area (Å²) in [6.45, 7) is 1.91. The summed E-state index contributed by atoms with van der Waals surface area (Å²) < 4.78 is 18.5. The van der Waals surface area contributed by atoms with E-state index in [0.717, 1.165) is 11.3 Å². The first-order valence-corrected chi connectivity index (χ1v) is 7.10. The minimum Gasteiger partial charge on any atom is -0.494 e. The van der Waals surface area contributed by atoms with Gasteiger partial charge in [-0.2, -0.15) is 0 Å². The third-order valence-electron chi connectivity index (χ3n) is 2.77. The van der Waals surface area contributed by atoms with Gasteiger partial charge in [0.05, 0.1) is 7.11 Å². The van der Waals surface area contributed by atoms with Crippen molar-refractivity contribution in [1.29, 1.82) is 0 Å². The number of methoxy groups -OCH3 is 1. The average Bonchev–Trinajstić information content (AvgIpc) is 2.44. The SMILES string of the molecule is COc1ccc(C(N)CSc2nccc(C)n2)cc1F. The molecular weight excluding hydrogens is 277 g/mol. The van der Waals surface area contributed by atoms with Gasteiger partial charge in [-0.15, -0.1) is 0 Å². The maximum atomic E-state index is 13.6. The molecule has 2 aromatic rings. The van der Waals surface area contributed by atoms with Crippen molar-refractivity contribution in [3.05, 3.63) is 47.5 Å². The Bertz CT molecular complexity index is 594. The van der Waals surface area contributed by atoms with E-state index in [1.807, 2.05) is 13.0 Å². The maximum absolute atomic E-state index is 13.6. The van der Waals surface area contributed by atoms with Crippen molar-refractivity contribution in [3.8, 4) is 5.75 Å². The highest BCUT2D eigenvalue weighted by Gasteiger charge is 2.11. The highest BCUT2D eigenvalue weighted by Crippen LogP contribution is 2.24. The van der Waals surface area contributed by atoms with Crippen LogP contribution in [0.15, 0.2) is 35.6 Å². The molecule has 2 N–H and O–H groups in total. The molecular formula is C14H16FN3OS. The van der Waals surface area contributed by atoms with Crippen LogP contribution < -0.4 is 10.5 Å². The number of hydrogen-bond acceptors (Lipinski definition) is 5. The topological polar surface area (TPSA) is 61.0 Å². The van der Waals surface area contributed by atoms with Gasteiger partial charge in [0.25, 0.3) is 0 Å². The molecule has 1 aromatic carbocycles. The highest BCUT2D eigenvalue weighted by atomic mass is 32.2. The van der Waals surface area contributed by atoms with E-state index < -0.39 is 5.82 Å².